The Morgan fingerprint density at radius 1 is 1.27 bits per heavy atom. The van der Waals surface area contributed by atoms with Gasteiger partial charge in [-0.3, -0.25) is 14.9 Å². The first kappa shape index (κ1) is 17.1. The summed E-state index contributed by atoms with van der Waals surface area (Å²) in [6.45, 7) is 5.70. The largest absolute Gasteiger partial charge is 0.377 e. The molecule has 3 heterocycles. The van der Waals surface area contributed by atoms with Crippen LogP contribution in [-0.4, -0.2) is 51.2 Å². The number of amides is 1. The molecule has 138 valence electrons. The van der Waals surface area contributed by atoms with Crippen LogP contribution in [0, 0.1) is 25.7 Å². The maximum atomic E-state index is 13.1. The van der Waals surface area contributed by atoms with Crippen molar-refractivity contribution in [1.82, 2.24) is 25.1 Å². The summed E-state index contributed by atoms with van der Waals surface area (Å²) in [5.41, 5.74) is 2.42. The number of hydrogen-bond acceptors (Lipinski definition) is 5. The Morgan fingerprint density at radius 2 is 2.08 bits per heavy atom. The van der Waals surface area contributed by atoms with Gasteiger partial charge in [0.15, 0.2) is 11.6 Å². The molecular formula is C19H25N5O2. The smallest absolute Gasteiger partial charge is 0.255 e. The number of aromatic nitrogens is 4. The van der Waals surface area contributed by atoms with Crippen molar-refractivity contribution < 1.29 is 9.53 Å². The second-order valence-corrected chi connectivity index (χ2v) is 7.48. The fourth-order valence-corrected chi connectivity index (χ4v) is 4.03. The molecule has 2 aromatic heterocycles. The summed E-state index contributed by atoms with van der Waals surface area (Å²) < 4.78 is 5.13. The van der Waals surface area contributed by atoms with Gasteiger partial charge in [0.1, 0.15) is 6.61 Å². The van der Waals surface area contributed by atoms with Crippen LogP contribution < -0.4 is 0 Å². The van der Waals surface area contributed by atoms with E-state index >= 15 is 0 Å². The number of aromatic amines is 1. The van der Waals surface area contributed by atoms with E-state index < -0.39 is 0 Å². The molecule has 1 aliphatic heterocycles. The van der Waals surface area contributed by atoms with Crippen LogP contribution in [0.15, 0.2) is 12.1 Å². The van der Waals surface area contributed by atoms with E-state index in [-0.39, 0.29) is 11.8 Å². The fraction of sp³-hybridized carbons (Fsp3) is 0.579. The van der Waals surface area contributed by atoms with E-state index in [0.29, 0.717) is 30.6 Å². The molecule has 0 spiro atoms. The van der Waals surface area contributed by atoms with Crippen LogP contribution >= 0.6 is 0 Å². The van der Waals surface area contributed by atoms with E-state index in [9.17, 15) is 4.79 Å². The molecule has 26 heavy (non-hydrogen) atoms. The lowest BCUT2D eigenvalue weighted by Gasteiger charge is -2.17. The minimum atomic E-state index is 0.0656. The van der Waals surface area contributed by atoms with Gasteiger partial charge in [0.25, 0.3) is 5.91 Å². The number of aryl methyl sites for hydroxylation is 2. The average molecular weight is 355 g/mol. The highest BCUT2D eigenvalue weighted by atomic mass is 16.5. The van der Waals surface area contributed by atoms with Gasteiger partial charge in [0.2, 0.25) is 0 Å². The third-order valence-corrected chi connectivity index (χ3v) is 5.50. The number of nitrogens with zero attached hydrogens (tertiary/aromatic N) is 4. The van der Waals surface area contributed by atoms with E-state index in [2.05, 4.69) is 20.2 Å². The molecule has 2 fully saturated rings. The van der Waals surface area contributed by atoms with Crippen LogP contribution in [0.3, 0.4) is 0 Å². The van der Waals surface area contributed by atoms with Crippen molar-refractivity contribution in [1.29, 1.82) is 0 Å². The van der Waals surface area contributed by atoms with Gasteiger partial charge >= 0.3 is 0 Å². The van der Waals surface area contributed by atoms with Crippen molar-refractivity contribution in [2.75, 3.05) is 20.2 Å². The third kappa shape index (κ3) is 3.23. The van der Waals surface area contributed by atoms with E-state index in [1.807, 2.05) is 30.9 Å². The Kier molecular flexibility index (Phi) is 4.48. The first-order valence-corrected chi connectivity index (χ1v) is 9.20. The predicted octanol–water partition coefficient (Wildman–Crippen LogP) is 2.23. The number of hydrogen-bond donors (Lipinski definition) is 1. The molecule has 0 unspecified atom stereocenters. The van der Waals surface area contributed by atoms with Gasteiger partial charge in [-0.15, -0.1) is 0 Å². The Balaban J connectivity index is 1.56. The molecule has 0 aromatic carbocycles. The van der Waals surface area contributed by atoms with Crippen LogP contribution in [0.4, 0.5) is 0 Å². The number of nitrogens with one attached hydrogen (secondary N) is 1. The molecule has 1 N–H and O–H groups in total. The number of ether oxygens (including phenoxy) is 1. The molecule has 2 aromatic rings. The van der Waals surface area contributed by atoms with Crippen LogP contribution in [-0.2, 0) is 11.3 Å². The lowest BCUT2D eigenvalue weighted by atomic mass is 9.91. The highest BCUT2D eigenvalue weighted by Gasteiger charge is 2.46. The molecule has 0 radical (unpaired) electrons. The maximum Gasteiger partial charge on any atom is 0.255 e. The van der Waals surface area contributed by atoms with Gasteiger partial charge in [-0.1, -0.05) is 0 Å². The van der Waals surface area contributed by atoms with Crippen LogP contribution in [0.2, 0.25) is 0 Å². The molecule has 0 bridgehead atoms. The third-order valence-electron chi connectivity index (χ3n) is 5.50. The summed E-state index contributed by atoms with van der Waals surface area (Å²) in [4.78, 5) is 24.1. The molecule has 1 aliphatic carbocycles. The summed E-state index contributed by atoms with van der Waals surface area (Å²) in [6, 6.07) is 3.79. The average Bonchev–Trinajstić information content (AvgIpc) is 3.18. The lowest BCUT2D eigenvalue weighted by molar-refractivity contribution is 0.0783. The summed E-state index contributed by atoms with van der Waals surface area (Å²) in [7, 11) is 1.64. The number of H-pyrrole nitrogens is 1. The second kappa shape index (κ2) is 6.79. The topological polar surface area (TPSA) is 84.0 Å². The van der Waals surface area contributed by atoms with Gasteiger partial charge in [-0.25, -0.2) is 4.98 Å². The minimum absolute atomic E-state index is 0.0656. The molecule has 2 atom stereocenters. The number of carbonyl (C=O) groups excluding carboxylic acids is 1. The van der Waals surface area contributed by atoms with E-state index in [1.165, 1.54) is 12.8 Å². The van der Waals surface area contributed by atoms with Crippen molar-refractivity contribution in [3.05, 3.63) is 40.7 Å². The fourth-order valence-electron chi connectivity index (χ4n) is 4.03. The normalized spacial score (nSPS) is 22.8. The van der Waals surface area contributed by atoms with Crippen molar-refractivity contribution in [2.45, 2.75) is 39.2 Å². The first-order chi connectivity index (χ1) is 12.6. The van der Waals surface area contributed by atoms with Crippen molar-refractivity contribution in [2.24, 2.45) is 11.8 Å². The van der Waals surface area contributed by atoms with Crippen molar-refractivity contribution >= 4 is 5.91 Å². The standard InChI is InChI=1S/C19H25N5O2/c1-11-4-7-14(12(2)20-11)19(25)24-8-15(13-5-6-13)16(9-24)18-21-17(10-26-3)22-23-18/h4,7,13,15-16H,5-6,8-10H2,1-3H3,(H,21,22,23)/t15-,16+/m1/s1. The zero-order valence-corrected chi connectivity index (χ0v) is 15.5. The molecule has 1 amide bonds. The highest BCUT2D eigenvalue weighted by molar-refractivity contribution is 5.95. The molecular weight excluding hydrogens is 330 g/mol. The van der Waals surface area contributed by atoms with Crippen LogP contribution in [0.1, 0.15) is 52.2 Å². The van der Waals surface area contributed by atoms with Crippen LogP contribution in [0.5, 0.6) is 0 Å². The number of likely N-dealkylation sites (tertiary alicyclic amines) is 1. The zero-order valence-electron chi connectivity index (χ0n) is 15.5. The van der Waals surface area contributed by atoms with Gasteiger partial charge in [0, 0.05) is 31.8 Å². The summed E-state index contributed by atoms with van der Waals surface area (Å²) in [5, 5.41) is 7.36. The molecule has 7 heteroatoms. The Morgan fingerprint density at radius 3 is 2.77 bits per heavy atom. The van der Waals surface area contributed by atoms with Crippen molar-refractivity contribution in [3.63, 3.8) is 0 Å². The van der Waals surface area contributed by atoms with Gasteiger partial charge in [-0.2, -0.15) is 5.10 Å². The Hall–Kier alpha value is -2.28. The molecule has 1 saturated heterocycles. The molecule has 4 rings (SSSR count). The first-order valence-electron chi connectivity index (χ1n) is 9.20. The van der Waals surface area contributed by atoms with Crippen LogP contribution in [0.25, 0.3) is 0 Å². The summed E-state index contributed by atoms with van der Waals surface area (Å²) >= 11 is 0. The Labute approximate surface area is 153 Å². The monoisotopic (exact) mass is 355 g/mol. The number of methoxy groups -OCH3 is 1. The summed E-state index contributed by atoms with van der Waals surface area (Å²) in [6.07, 6.45) is 2.48. The SMILES string of the molecule is COCc1nc([C@H]2CN(C(=O)c3ccc(C)nc3C)C[C@@H]2C2CC2)n[nH]1. The minimum Gasteiger partial charge on any atom is -0.377 e. The van der Waals surface area contributed by atoms with E-state index in [4.69, 9.17) is 4.74 Å². The van der Waals surface area contributed by atoms with Gasteiger partial charge in [0.05, 0.1) is 11.3 Å². The predicted molar refractivity (Wildman–Crippen MR) is 95.7 cm³/mol. The number of carbonyl (C=O) groups is 1. The Bertz CT molecular complexity index is 814. The van der Waals surface area contributed by atoms with E-state index in [1.54, 1.807) is 7.11 Å². The van der Waals surface area contributed by atoms with E-state index in [0.717, 1.165) is 29.6 Å². The maximum absolute atomic E-state index is 13.1. The molecule has 1 saturated carbocycles. The summed E-state index contributed by atoms with van der Waals surface area (Å²) in [5.74, 6) is 2.91. The quantitative estimate of drug-likeness (QED) is 0.889. The molecule has 7 nitrogen and oxygen atoms in total. The van der Waals surface area contributed by atoms with Gasteiger partial charge in [-0.05, 0) is 50.7 Å². The zero-order chi connectivity index (χ0) is 18.3. The van der Waals surface area contributed by atoms with Crippen molar-refractivity contribution in [3.8, 4) is 0 Å². The highest BCUT2D eigenvalue weighted by Crippen LogP contribution is 2.47. The second-order valence-electron chi connectivity index (χ2n) is 7.48. The number of pyridine rings is 1. The number of rotatable bonds is 5. The molecule has 2 aliphatic rings. The van der Waals surface area contributed by atoms with Gasteiger partial charge < -0.3 is 9.64 Å². The lowest BCUT2D eigenvalue weighted by Crippen LogP contribution is -2.30.